The van der Waals surface area contributed by atoms with Gasteiger partial charge in [-0.05, 0) is 37.4 Å². The number of nitrogens with zero attached hydrogens (tertiary/aromatic N) is 3. The van der Waals surface area contributed by atoms with Crippen LogP contribution in [-0.4, -0.2) is 33.4 Å². The Morgan fingerprint density at radius 2 is 2.27 bits per heavy atom. The van der Waals surface area contributed by atoms with E-state index in [0.717, 1.165) is 12.2 Å². The van der Waals surface area contributed by atoms with Crippen LogP contribution in [0.5, 0.6) is 0 Å². The average molecular weight is 321 g/mol. The second-order valence-electron chi connectivity index (χ2n) is 6.05. The summed E-state index contributed by atoms with van der Waals surface area (Å²) in [6.07, 6.45) is 3.98. The van der Waals surface area contributed by atoms with E-state index >= 15 is 0 Å². The number of aromatic nitrogens is 2. The molecule has 1 aliphatic heterocycles. The van der Waals surface area contributed by atoms with E-state index in [0.29, 0.717) is 35.7 Å². The molecule has 2 atom stereocenters. The van der Waals surface area contributed by atoms with Crippen molar-refractivity contribution in [2.75, 3.05) is 13.1 Å². The first-order valence-electron chi connectivity index (χ1n) is 7.70. The molecule has 0 bridgehead atoms. The number of rotatable bonds is 3. The molecule has 1 fully saturated rings. The Hall–Kier alpha value is -1.43. The molecular formula is C16H21ClN4O. The third-order valence-electron chi connectivity index (χ3n) is 4.51. The van der Waals surface area contributed by atoms with Gasteiger partial charge in [-0.15, -0.1) is 0 Å². The van der Waals surface area contributed by atoms with Gasteiger partial charge in [-0.1, -0.05) is 18.5 Å². The first-order chi connectivity index (χ1) is 10.6. The molecule has 0 radical (unpaired) electrons. The van der Waals surface area contributed by atoms with E-state index in [1.165, 1.54) is 17.2 Å². The Morgan fingerprint density at radius 3 is 3.05 bits per heavy atom. The van der Waals surface area contributed by atoms with Crippen molar-refractivity contribution in [2.24, 2.45) is 11.7 Å². The van der Waals surface area contributed by atoms with Gasteiger partial charge in [-0.25, -0.2) is 4.98 Å². The maximum atomic E-state index is 12.2. The third kappa shape index (κ3) is 3.02. The number of fused-ring (bicyclic) bond motifs is 1. The van der Waals surface area contributed by atoms with E-state index in [2.05, 4.69) is 16.8 Å². The fourth-order valence-electron chi connectivity index (χ4n) is 3.33. The highest BCUT2D eigenvalue weighted by Gasteiger charge is 2.27. The Morgan fingerprint density at radius 1 is 1.45 bits per heavy atom. The van der Waals surface area contributed by atoms with Crippen molar-refractivity contribution in [1.82, 2.24) is 14.3 Å². The topological polar surface area (TPSA) is 63.6 Å². The Labute approximate surface area is 134 Å². The highest BCUT2D eigenvalue weighted by molar-refractivity contribution is 6.30. The van der Waals surface area contributed by atoms with Gasteiger partial charge in [0.05, 0.1) is 10.7 Å². The van der Waals surface area contributed by atoms with Crippen LogP contribution >= 0.6 is 11.6 Å². The number of hydrogen-bond acceptors (Lipinski definition) is 4. The third-order valence-corrected chi connectivity index (χ3v) is 4.74. The van der Waals surface area contributed by atoms with Crippen LogP contribution in [-0.2, 0) is 6.54 Å². The van der Waals surface area contributed by atoms with Gasteiger partial charge in [0, 0.05) is 31.4 Å². The van der Waals surface area contributed by atoms with Crippen molar-refractivity contribution in [2.45, 2.75) is 32.4 Å². The minimum absolute atomic E-state index is 0.100. The number of piperidine rings is 1. The fourth-order valence-corrected chi connectivity index (χ4v) is 3.49. The number of pyridine rings is 1. The van der Waals surface area contributed by atoms with E-state index in [9.17, 15) is 4.79 Å². The summed E-state index contributed by atoms with van der Waals surface area (Å²) in [6, 6.07) is 5.47. The summed E-state index contributed by atoms with van der Waals surface area (Å²) >= 11 is 5.93. The minimum Gasteiger partial charge on any atom is -0.329 e. The molecule has 0 amide bonds. The fraction of sp³-hybridized carbons (Fsp3) is 0.500. The molecule has 2 N–H and O–H groups in total. The van der Waals surface area contributed by atoms with Gasteiger partial charge in [0.2, 0.25) is 0 Å². The number of nitrogens with two attached hydrogens (primary N) is 1. The predicted molar refractivity (Wildman–Crippen MR) is 88.1 cm³/mol. The number of hydrogen-bond donors (Lipinski definition) is 1. The lowest BCUT2D eigenvalue weighted by atomic mass is 9.90. The molecule has 0 aromatic carbocycles. The highest BCUT2D eigenvalue weighted by Crippen LogP contribution is 2.23. The summed E-state index contributed by atoms with van der Waals surface area (Å²) in [4.78, 5) is 19.2. The molecule has 22 heavy (non-hydrogen) atoms. The predicted octanol–water partition coefficient (Wildman–Crippen LogP) is 1.91. The first kappa shape index (κ1) is 15.5. The average Bonchev–Trinajstić information content (AvgIpc) is 2.48. The molecule has 0 spiro atoms. The van der Waals surface area contributed by atoms with Crippen LogP contribution in [0.2, 0.25) is 5.02 Å². The molecule has 2 aromatic rings. The van der Waals surface area contributed by atoms with Crippen LogP contribution in [0, 0.1) is 5.92 Å². The lowest BCUT2D eigenvalue weighted by Gasteiger charge is -2.39. The zero-order chi connectivity index (χ0) is 15.7. The van der Waals surface area contributed by atoms with Crippen molar-refractivity contribution in [3.8, 4) is 0 Å². The Kier molecular flexibility index (Phi) is 4.47. The van der Waals surface area contributed by atoms with E-state index in [1.54, 1.807) is 24.4 Å². The maximum Gasteiger partial charge on any atom is 0.258 e. The van der Waals surface area contributed by atoms with Crippen molar-refractivity contribution in [1.29, 1.82) is 0 Å². The second kappa shape index (κ2) is 6.36. The minimum atomic E-state index is -0.100. The van der Waals surface area contributed by atoms with Gasteiger partial charge < -0.3 is 5.73 Å². The normalized spacial score (nSPS) is 23.0. The lowest BCUT2D eigenvalue weighted by Crippen LogP contribution is -2.48. The van der Waals surface area contributed by atoms with Crippen LogP contribution < -0.4 is 11.3 Å². The number of likely N-dealkylation sites (tertiary alicyclic amines) is 1. The quantitative estimate of drug-likeness (QED) is 0.938. The van der Waals surface area contributed by atoms with Gasteiger partial charge in [0.25, 0.3) is 5.56 Å². The van der Waals surface area contributed by atoms with Gasteiger partial charge in [-0.2, -0.15) is 0 Å². The molecule has 0 aliphatic carbocycles. The summed E-state index contributed by atoms with van der Waals surface area (Å²) in [5, 5.41) is 0.525. The molecule has 6 heteroatoms. The monoisotopic (exact) mass is 320 g/mol. The first-order valence-corrected chi connectivity index (χ1v) is 8.08. The standard InChI is InChI=1S/C16H21ClN4O/c1-11-3-2-6-20(14(11)8-18)10-13-7-16(22)21-9-12(17)4-5-15(21)19-13/h4-5,7,9,11,14H,2-3,6,8,10,18H2,1H3. The van der Waals surface area contributed by atoms with E-state index in [-0.39, 0.29) is 5.56 Å². The zero-order valence-corrected chi connectivity index (χ0v) is 13.5. The molecule has 118 valence electrons. The Balaban J connectivity index is 1.90. The molecule has 1 aliphatic rings. The van der Waals surface area contributed by atoms with Gasteiger partial charge in [-0.3, -0.25) is 14.1 Å². The smallest absolute Gasteiger partial charge is 0.258 e. The van der Waals surface area contributed by atoms with Crippen molar-refractivity contribution in [3.05, 3.63) is 45.5 Å². The molecule has 2 aromatic heterocycles. The Bertz CT molecular complexity index is 730. The molecular weight excluding hydrogens is 300 g/mol. The van der Waals surface area contributed by atoms with Crippen molar-refractivity contribution in [3.63, 3.8) is 0 Å². The second-order valence-corrected chi connectivity index (χ2v) is 6.49. The molecule has 2 unspecified atom stereocenters. The maximum absolute atomic E-state index is 12.2. The summed E-state index contributed by atoms with van der Waals surface area (Å²) in [6.45, 7) is 4.56. The van der Waals surface area contributed by atoms with Crippen LogP contribution in [0.3, 0.4) is 0 Å². The lowest BCUT2D eigenvalue weighted by molar-refractivity contribution is 0.0978. The summed E-state index contributed by atoms with van der Waals surface area (Å²) in [5.74, 6) is 0.583. The van der Waals surface area contributed by atoms with Gasteiger partial charge in [0.1, 0.15) is 5.65 Å². The SMILES string of the molecule is CC1CCCN(Cc2cc(=O)n3cc(Cl)ccc3n2)C1CN. The molecule has 3 heterocycles. The van der Waals surface area contributed by atoms with Gasteiger partial charge >= 0.3 is 0 Å². The van der Waals surface area contributed by atoms with Crippen LogP contribution in [0.15, 0.2) is 29.2 Å². The van der Waals surface area contributed by atoms with E-state index in [4.69, 9.17) is 17.3 Å². The van der Waals surface area contributed by atoms with Crippen molar-refractivity contribution < 1.29 is 0 Å². The summed E-state index contributed by atoms with van der Waals surface area (Å²) < 4.78 is 1.48. The number of halogens is 1. The van der Waals surface area contributed by atoms with Crippen molar-refractivity contribution >= 4 is 17.2 Å². The van der Waals surface area contributed by atoms with Gasteiger partial charge in [0.15, 0.2) is 0 Å². The van der Waals surface area contributed by atoms with Crippen LogP contribution in [0.1, 0.15) is 25.5 Å². The molecule has 0 saturated carbocycles. The molecule has 3 rings (SSSR count). The summed E-state index contributed by atoms with van der Waals surface area (Å²) in [7, 11) is 0. The highest BCUT2D eigenvalue weighted by atomic mass is 35.5. The largest absolute Gasteiger partial charge is 0.329 e. The van der Waals surface area contributed by atoms with E-state index < -0.39 is 0 Å². The molecule has 1 saturated heterocycles. The summed E-state index contributed by atoms with van der Waals surface area (Å²) in [5.41, 5.74) is 7.25. The van der Waals surface area contributed by atoms with E-state index in [1.807, 2.05) is 0 Å². The van der Waals surface area contributed by atoms with Crippen LogP contribution in [0.25, 0.3) is 5.65 Å². The van der Waals surface area contributed by atoms with Crippen LogP contribution in [0.4, 0.5) is 0 Å². The molecule has 5 nitrogen and oxygen atoms in total. The zero-order valence-electron chi connectivity index (χ0n) is 12.7.